The van der Waals surface area contributed by atoms with Gasteiger partial charge in [-0.15, -0.1) is 0 Å². The maximum atomic E-state index is 12.9. The van der Waals surface area contributed by atoms with E-state index in [0.29, 0.717) is 28.0 Å². The van der Waals surface area contributed by atoms with Crippen LogP contribution in [0, 0.1) is 5.82 Å². The van der Waals surface area contributed by atoms with E-state index in [1.165, 1.54) is 30.5 Å². The number of hydrazone groups is 1. The van der Waals surface area contributed by atoms with Crippen molar-refractivity contribution >= 4 is 34.0 Å². The monoisotopic (exact) mass is 452 g/mol. The van der Waals surface area contributed by atoms with E-state index in [-0.39, 0.29) is 23.9 Å². The van der Waals surface area contributed by atoms with Crippen LogP contribution in [-0.4, -0.2) is 36.4 Å². The lowest BCUT2D eigenvalue weighted by atomic mass is 10.1. The molecule has 0 atom stereocenters. The molecule has 0 aliphatic rings. The molecule has 0 bridgehead atoms. The average Bonchev–Trinajstić information content (AvgIpc) is 2.63. The van der Waals surface area contributed by atoms with Crippen molar-refractivity contribution in [2.45, 2.75) is 13.3 Å². The van der Waals surface area contributed by atoms with Crippen LogP contribution >= 0.6 is 15.9 Å². The highest BCUT2D eigenvalue weighted by molar-refractivity contribution is 9.10. The number of carboxylic acids is 1. The van der Waals surface area contributed by atoms with Crippen molar-refractivity contribution in [1.82, 2.24) is 5.43 Å². The zero-order valence-corrected chi connectivity index (χ0v) is 16.5. The predicted octanol–water partition coefficient (Wildman–Crippen LogP) is 3.14. The summed E-state index contributed by atoms with van der Waals surface area (Å²) in [4.78, 5) is 22.6. The standard InChI is InChI=1S/C19H18BrFN2O5/c1-2-27-16-8-13(7-15(20)19(16)28-11-18(25)26)10-22-23-17(24)9-12-3-5-14(21)6-4-12/h3-8,10H,2,9,11H2,1H3,(H,23,24)(H,25,26)/b22-10+. The molecule has 2 N–H and O–H groups in total. The Morgan fingerprint density at radius 3 is 2.61 bits per heavy atom. The molecule has 28 heavy (non-hydrogen) atoms. The third-order valence-electron chi connectivity index (χ3n) is 3.35. The Hall–Kier alpha value is -2.94. The zero-order valence-electron chi connectivity index (χ0n) is 14.9. The van der Waals surface area contributed by atoms with Gasteiger partial charge in [0.05, 0.1) is 23.7 Å². The first kappa shape index (κ1) is 21.4. The third kappa shape index (κ3) is 6.66. The van der Waals surface area contributed by atoms with E-state index >= 15 is 0 Å². The predicted molar refractivity (Wildman–Crippen MR) is 104 cm³/mol. The number of aliphatic carboxylic acids is 1. The molecule has 7 nitrogen and oxygen atoms in total. The molecule has 0 saturated heterocycles. The fourth-order valence-electron chi connectivity index (χ4n) is 2.21. The number of carbonyl (C=O) groups is 2. The van der Waals surface area contributed by atoms with E-state index in [1.807, 2.05) is 0 Å². The molecule has 0 spiro atoms. The number of amides is 1. The summed E-state index contributed by atoms with van der Waals surface area (Å²) >= 11 is 3.31. The molecular weight excluding hydrogens is 435 g/mol. The number of nitrogens with one attached hydrogen (secondary N) is 1. The summed E-state index contributed by atoms with van der Waals surface area (Å²) in [7, 11) is 0. The molecule has 2 aromatic rings. The van der Waals surface area contributed by atoms with Gasteiger partial charge in [0.25, 0.3) is 0 Å². The molecule has 0 aliphatic heterocycles. The Morgan fingerprint density at radius 2 is 1.96 bits per heavy atom. The molecule has 2 rings (SSSR count). The van der Waals surface area contributed by atoms with Crippen LogP contribution in [0.25, 0.3) is 0 Å². The van der Waals surface area contributed by atoms with Gasteiger partial charge in [0.2, 0.25) is 5.91 Å². The average molecular weight is 453 g/mol. The molecule has 1 amide bonds. The van der Waals surface area contributed by atoms with Crippen LogP contribution in [-0.2, 0) is 16.0 Å². The summed E-state index contributed by atoms with van der Waals surface area (Å²) in [6, 6.07) is 8.88. The second-order valence-electron chi connectivity index (χ2n) is 5.54. The van der Waals surface area contributed by atoms with Crippen molar-refractivity contribution in [1.29, 1.82) is 0 Å². The fraction of sp³-hybridized carbons (Fsp3) is 0.211. The molecule has 0 aliphatic carbocycles. The lowest BCUT2D eigenvalue weighted by Gasteiger charge is -2.13. The third-order valence-corrected chi connectivity index (χ3v) is 3.94. The van der Waals surface area contributed by atoms with Crippen molar-refractivity contribution in [3.63, 3.8) is 0 Å². The maximum Gasteiger partial charge on any atom is 0.341 e. The first-order chi connectivity index (χ1) is 13.4. The van der Waals surface area contributed by atoms with Crippen LogP contribution in [0.3, 0.4) is 0 Å². The van der Waals surface area contributed by atoms with Gasteiger partial charge >= 0.3 is 5.97 Å². The maximum absolute atomic E-state index is 12.9. The van der Waals surface area contributed by atoms with E-state index in [2.05, 4.69) is 26.5 Å². The largest absolute Gasteiger partial charge is 0.490 e. The number of benzene rings is 2. The minimum atomic E-state index is -1.11. The van der Waals surface area contributed by atoms with Gasteiger partial charge in [0.15, 0.2) is 18.1 Å². The van der Waals surface area contributed by atoms with Gasteiger partial charge < -0.3 is 14.6 Å². The van der Waals surface area contributed by atoms with Gasteiger partial charge in [-0.3, -0.25) is 4.79 Å². The van der Waals surface area contributed by atoms with E-state index in [0.717, 1.165) is 0 Å². The SMILES string of the molecule is CCOc1cc(/C=N/NC(=O)Cc2ccc(F)cc2)cc(Br)c1OCC(=O)O. The Kier molecular flexibility index (Phi) is 7.94. The number of hydrogen-bond donors (Lipinski definition) is 2. The van der Waals surface area contributed by atoms with Crippen molar-refractivity contribution in [2.24, 2.45) is 5.10 Å². The van der Waals surface area contributed by atoms with Gasteiger partial charge in [-0.2, -0.15) is 5.10 Å². The van der Waals surface area contributed by atoms with Crippen molar-refractivity contribution in [2.75, 3.05) is 13.2 Å². The highest BCUT2D eigenvalue weighted by Crippen LogP contribution is 2.36. The number of carbonyl (C=O) groups excluding carboxylic acids is 1. The minimum absolute atomic E-state index is 0.0630. The molecule has 2 aromatic carbocycles. The number of rotatable bonds is 9. The first-order valence-electron chi connectivity index (χ1n) is 8.26. The van der Waals surface area contributed by atoms with Crippen LogP contribution in [0.15, 0.2) is 46.0 Å². The van der Waals surface area contributed by atoms with Gasteiger partial charge in [-0.05, 0) is 58.2 Å². The zero-order chi connectivity index (χ0) is 20.5. The summed E-state index contributed by atoms with van der Waals surface area (Å²) < 4.78 is 24.1. The molecule has 0 radical (unpaired) electrons. The summed E-state index contributed by atoms with van der Waals surface area (Å²) in [5, 5.41) is 12.7. The van der Waals surface area contributed by atoms with Gasteiger partial charge in [-0.1, -0.05) is 12.1 Å². The summed E-state index contributed by atoms with van der Waals surface area (Å²) in [6.45, 7) is 1.63. The number of carboxylic acid groups (broad SMARTS) is 1. The molecular formula is C19H18BrFN2O5. The number of nitrogens with zero attached hydrogens (tertiary/aromatic N) is 1. The fourth-order valence-corrected chi connectivity index (χ4v) is 2.78. The Labute approximate surface area is 169 Å². The van der Waals surface area contributed by atoms with E-state index in [1.54, 1.807) is 19.1 Å². The van der Waals surface area contributed by atoms with Crippen molar-refractivity contribution in [3.8, 4) is 11.5 Å². The van der Waals surface area contributed by atoms with Gasteiger partial charge in [0, 0.05) is 0 Å². The van der Waals surface area contributed by atoms with Crippen molar-refractivity contribution in [3.05, 3.63) is 57.8 Å². The van der Waals surface area contributed by atoms with Gasteiger partial charge in [-0.25, -0.2) is 14.6 Å². The van der Waals surface area contributed by atoms with Crippen LogP contribution in [0.5, 0.6) is 11.5 Å². The van der Waals surface area contributed by atoms with E-state index in [9.17, 15) is 14.0 Å². The number of hydrogen-bond acceptors (Lipinski definition) is 5. The van der Waals surface area contributed by atoms with E-state index < -0.39 is 12.6 Å². The minimum Gasteiger partial charge on any atom is -0.490 e. The van der Waals surface area contributed by atoms with Crippen LogP contribution in [0.4, 0.5) is 4.39 Å². The quantitative estimate of drug-likeness (QED) is 0.449. The lowest BCUT2D eigenvalue weighted by Crippen LogP contribution is -2.19. The Balaban J connectivity index is 2.04. The summed E-state index contributed by atoms with van der Waals surface area (Å²) in [5.41, 5.74) is 3.65. The number of halogens is 2. The molecule has 9 heteroatoms. The Bertz CT molecular complexity index is 871. The van der Waals surface area contributed by atoms with Crippen molar-refractivity contribution < 1.29 is 28.6 Å². The smallest absolute Gasteiger partial charge is 0.341 e. The van der Waals surface area contributed by atoms with Crippen LogP contribution in [0.2, 0.25) is 0 Å². The first-order valence-corrected chi connectivity index (χ1v) is 9.05. The highest BCUT2D eigenvalue weighted by atomic mass is 79.9. The summed E-state index contributed by atoms with van der Waals surface area (Å²) in [5.74, 6) is -1.22. The second-order valence-corrected chi connectivity index (χ2v) is 6.40. The normalized spacial score (nSPS) is 10.7. The highest BCUT2D eigenvalue weighted by Gasteiger charge is 2.13. The van der Waals surface area contributed by atoms with Crippen LogP contribution < -0.4 is 14.9 Å². The molecule has 0 fully saturated rings. The van der Waals surface area contributed by atoms with E-state index in [4.69, 9.17) is 14.6 Å². The van der Waals surface area contributed by atoms with Crippen LogP contribution in [0.1, 0.15) is 18.1 Å². The summed E-state index contributed by atoms with van der Waals surface area (Å²) in [6.07, 6.45) is 1.48. The molecule has 148 valence electrons. The Morgan fingerprint density at radius 1 is 1.25 bits per heavy atom. The number of ether oxygens (including phenoxy) is 2. The lowest BCUT2D eigenvalue weighted by molar-refractivity contribution is -0.139. The molecule has 0 unspecified atom stereocenters. The molecule has 0 saturated carbocycles. The topological polar surface area (TPSA) is 97.2 Å². The second kappa shape index (κ2) is 10.4. The molecule has 0 heterocycles. The molecule has 0 aromatic heterocycles. The van der Waals surface area contributed by atoms with Gasteiger partial charge in [0.1, 0.15) is 5.82 Å².